The SMILES string of the molecule is [C-]#[N+]c1c(-c2cccc(-n3c4ccccc4c4c([N+]#[C-])cccc43)c2)cccc1-n1c2ccccc2c2cccc(-n3c4ccccc4c4ccccc43)c21. The Bertz CT molecular complexity index is 3420. The van der Waals surface area contributed by atoms with E-state index in [4.69, 9.17) is 13.1 Å². The van der Waals surface area contributed by atoms with Gasteiger partial charge in [0.25, 0.3) is 0 Å². The van der Waals surface area contributed by atoms with Gasteiger partial charge in [-0.2, -0.15) is 0 Å². The molecule has 11 aromatic rings. The molecule has 11 rings (SSSR count). The van der Waals surface area contributed by atoms with Crippen molar-refractivity contribution in [3.8, 4) is 28.2 Å². The van der Waals surface area contributed by atoms with Gasteiger partial charge >= 0.3 is 0 Å². The van der Waals surface area contributed by atoms with Crippen molar-refractivity contribution in [3.05, 3.63) is 199 Å². The number of hydrogen-bond donors (Lipinski definition) is 0. The normalized spacial score (nSPS) is 11.6. The fraction of sp³-hybridized carbons (Fsp3) is 0. The standard InChI is InChI=1S/C50H29N5/c1-51-40-23-14-28-45-48(40)39-20-6-10-27-44(39)53(45)33-16-11-15-32(31-33)34-21-12-29-46(49(34)52-2)55-43-26-9-5-19-37(43)38-22-13-30-47(50(38)55)54-41-24-7-3-17-35(41)36-18-4-8-25-42(36)54/h3-31H. The van der Waals surface area contributed by atoms with E-state index in [-0.39, 0.29) is 0 Å². The zero-order valence-corrected chi connectivity index (χ0v) is 29.5. The second-order valence-corrected chi connectivity index (χ2v) is 13.9. The molecule has 8 aromatic carbocycles. The maximum Gasteiger partial charge on any atom is 0.218 e. The van der Waals surface area contributed by atoms with Gasteiger partial charge in [0.15, 0.2) is 5.69 Å². The molecule has 0 N–H and O–H groups in total. The van der Waals surface area contributed by atoms with Gasteiger partial charge in [0.2, 0.25) is 5.69 Å². The van der Waals surface area contributed by atoms with E-state index in [0.29, 0.717) is 11.4 Å². The van der Waals surface area contributed by atoms with Crippen molar-refractivity contribution < 1.29 is 0 Å². The highest BCUT2D eigenvalue weighted by Crippen LogP contribution is 2.44. The molecule has 0 fully saturated rings. The average molecular weight is 700 g/mol. The highest BCUT2D eigenvalue weighted by atomic mass is 15.1. The molecule has 0 aliphatic rings. The quantitative estimate of drug-likeness (QED) is 0.163. The molecule has 0 aliphatic heterocycles. The van der Waals surface area contributed by atoms with E-state index in [0.717, 1.165) is 82.8 Å². The maximum atomic E-state index is 8.73. The van der Waals surface area contributed by atoms with Crippen LogP contribution in [0.5, 0.6) is 0 Å². The van der Waals surface area contributed by atoms with Crippen molar-refractivity contribution in [3.63, 3.8) is 0 Å². The van der Waals surface area contributed by atoms with Crippen molar-refractivity contribution in [2.75, 3.05) is 0 Å². The highest BCUT2D eigenvalue weighted by Gasteiger charge is 2.23. The molecule has 5 heteroatoms. The number of nitrogens with zero attached hydrogens (tertiary/aromatic N) is 5. The number of rotatable bonds is 4. The molecule has 254 valence electrons. The Morgan fingerprint density at radius 3 is 1.60 bits per heavy atom. The molecule has 0 saturated carbocycles. The fourth-order valence-corrected chi connectivity index (χ4v) is 8.86. The van der Waals surface area contributed by atoms with E-state index < -0.39 is 0 Å². The smallest absolute Gasteiger partial charge is 0.218 e. The third kappa shape index (κ3) is 4.33. The number of para-hydroxylation sites is 6. The molecule has 55 heavy (non-hydrogen) atoms. The van der Waals surface area contributed by atoms with Crippen LogP contribution in [0.2, 0.25) is 0 Å². The van der Waals surface area contributed by atoms with Gasteiger partial charge in [-0.3, -0.25) is 0 Å². The summed E-state index contributed by atoms with van der Waals surface area (Å²) in [5.41, 5.74) is 12.3. The number of fused-ring (bicyclic) bond motifs is 9. The zero-order chi connectivity index (χ0) is 36.6. The first-order valence-corrected chi connectivity index (χ1v) is 18.3. The van der Waals surface area contributed by atoms with Crippen LogP contribution in [-0.2, 0) is 0 Å². The van der Waals surface area contributed by atoms with Crippen molar-refractivity contribution in [2.45, 2.75) is 0 Å². The Morgan fingerprint density at radius 1 is 0.382 bits per heavy atom. The van der Waals surface area contributed by atoms with E-state index in [1.807, 2.05) is 24.3 Å². The summed E-state index contributed by atoms with van der Waals surface area (Å²) in [4.78, 5) is 8.18. The first-order chi connectivity index (χ1) is 27.2. The Kier molecular flexibility index (Phi) is 6.61. The van der Waals surface area contributed by atoms with Crippen LogP contribution in [0.3, 0.4) is 0 Å². The van der Waals surface area contributed by atoms with Crippen LogP contribution in [0.25, 0.3) is 103 Å². The monoisotopic (exact) mass is 699 g/mol. The van der Waals surface area contributed by atoms with Gasteiger partial charge in [-0.25, -0.2) is 9.69 Å². The summed E-state index contributed by atoms with van der Waals surface area (Å²) in [5.74, 6) is 0. The van der Waals surface area contributed by atoms with E-state index in [9.17, 15) is 0 Å². The lowest BCUT2D eigenvalue weighted by Gasteiger charge is -2.17. The van der Waals surface area contributed by atoms with Gasteiger partial charge < -0.3 is 13.7 Å². The van der Waals surface area contributed by atoms with Gasteiger partial charge in [0, 0.05) is 38.1 Å². The summed E-state index contributed by atoms with van der Waals surface area (Å²) in [6, 6.07) is 61.0. The van der Waals surface area contributed by atoms with Gasteiger partial charge in [0.05, 0.1) is 52.1 Å². The fourth-order valence-electron chi connectivity index (χ4n) is 8.86. The second kappa shape index (κ2) is 11.8. The Balaban J connectivity index is 1.18. The number of aromatic nitrogens is 3. The summed E-state index contributed by atoms with van der Waals surface area (Å²) >= 11 is 0. The Hall–Kier alpha value is -7.86. The first kappa shape index (κ1) is 30.7. The van der Waals surface area contributed by atoms with E-state index in [2.05, 4.69) is 175 Å². The third-order valence-electron chi connectivity index (χ3n) is 11.1. The zero-order valence-electron chi connectivity index (χ0n) is 29.5. The van der Waals surface area contributed by atoms with E-state index in [1.54, 1.807) is 0 Å². The lowest BCUT2D eigenvalue weighted by atomic mass is 10.0. The Morgan fingerprint density at radius 2 is 0.909 bits per heavy atom. The highest BCUT2D eigenvalue weighted by molar-refractivity contribution is 6.17. The molecular formula is C50H29N5. The summed E-state index contributed by atoms with van der Waals surface area (Å²) in [7, 11) is 0. The van der Waals surface area contributed by atoms with Crippen molar-refractivity contribution >= 4 is 76.8 Å². The molecule has 0 unspecified atom stereocenters. The second-order valence-electron chi connectivity index (χ2n) is 13.9. The summed E-state index contributed by atoms with van der Waals surface area (Å²) in [6.45, 7) is 16.6. The lowest BCUT2D eigenvalue weighted by Crippen LogP contribution is -2.01. The maximum absolute atomic E-state index is 8.73. The van der Waals surface area contributed by atoms with Crippen LogP contribution >= 0.6 is 0 Å². The molecule has 0 amide bonds. The summed E-state index contributed by atoms with van der Waals surface area (Å²) < 4.78 is 6.90. The molecule has 3 heterocycles. The van der Waals surface area contributed by atoms with Crippen LogP contribution in [0, 0.1) is 13.1 Å². The average Bonchev–Trinajstić information content (AvgIpc) is 3.89. The molecule has 5 nitrogen and oxygen atoms in total. The largest absolute Gasteiger partial charge is 0.317 e. The molecule has 0 aliphatic carbocycles. The molecule has 0 radical (unpaired) electrons. The van der Waals surface area contributed by atoms with Crippen molar-refractivity contribution in [1.29, 1.82) is 0 Å². The van der Waals surface area contributed by atoms with Gasteiger partial charge in [0.1, 0.15) is 0 Å². The van der Waals surface area contributed by atoms with Gasteiger partial charge in [-0.1, -0.05) is 121 Å². The lowest BCUT2D eigenvalue weighted by molar-refractivity contribution is 1.13. The van der Waals surface area contributed by atoms with E-state index in [1.165, 1.54) is 10.8 Å². The predicted molar refractivity (Wildman–Crippen MR) is 227 cm³/mol. The molecule has 0 spiro atoms. The molecule has 0 atom stereocenters. The van der Waals surface area contributed by atoms with Crippen LogP contribution in [0.4, 0.5) is 11.4 Å². The molecule has 0 bridgehead atoms. The number of benzene rings is 8. The summed E-state index contributed by atoms with van der Waals surface area (Å²) in [6.07, 6.45) is 0. The van der Waals surface area contributed by atoms with Crippen LogP contribution in [0.15, 0.2) is 176 Å². The third-order valence-corrected chi connectivity index (χ3v) is 11.1. The van der Waals surface area contributed by atoms with E-state index >= 15 is 0 Å². The van der Waals surface area contributed by atoms with Gasteiger partial charge in [-0.05, 0) is 71.1 Å². The minimum absolute atomic E-state index is 0.580. The molecular weight excluding hydrogens is 671 g/mol. The first-order valence-electron chi connectivity index (χ1n) is 18.3. The Labute approximate surface area is 316 Å². The van der Waals surface area contributed by atoms with Gasteiger partial charge in [-0.15, -0.1) is 0 Å². The van der Waals surface area contributed by atoms with Crippen molar-refractivity contribution in [2.24, 2.45) is 0 Å². The summed E-state index contributed by atoms with van der Waals surface area (Å²) in [5, 5.41) is 6.67. The van der Waals surface area contributed by atoms with Crippen LogP contribution in [-0.4, -0.2) is 13.7 Å². The molecule has 0 saturated heterocycles. The van der Waals surface area contributed by atoms with Crippen LogP contribution in [0.1, 0.15) is 0 Å². The number of hydrogen-bond acceptors (Lipinski definition) is 0. The van der Waals surface area contributed by atoms with Crippen LogP contribution < -0.4 is 0 Å². The topological polar surface area (TPSA) is 23.5 Å². The molecule has 3 aromatic heterocycles. The van der Waals surface area contributed by atoms with Crippen molar-refractivity contribution in [1.82, 2.24) is 13.7 Å². The minimum atomic E-state index is 0.580. The minimum Gasteiger partial charge on any atom is -0.317 e. The predicted octanol–water partition coefficient (Wildman–Crippen LogP) is 13.7.